The van der Waals surface area contributed by atoms with E-state index in [2.05, 4.69) is 9.97 Å². The minimum Gasteiger partial charge on any atom is -0.346 e. The summed E-state index contributed by atoms with van der Waals surface area (Å²) in [6, 6.07) is 1.36. The Labute approximate surface area is 106 Å². The van der Waals surface area contributed by atoms with Gasteiger partial charge in [-0.05, 0) is 26.2 Å². The number of piperidine rings is 1. The first-order chi connectivity index (χ1) is 8.61. The predicted molar refractivity (Wildman–Crippen MR) is 69.9 cm³/mol. The maximum atomic E-state index is 11.7. The van der Waals surface area contributed by atoms with Crippen LogP contribution in [0.3, 0.4) is 0 Å². The number of carbonyl (C=O) groups excluding carboxylic acids is 1. The average Bonchev–Trinajstić information content (AvgIpc) is 2.38. The molecule has 0 bridgehead atoms. The Morgan fingerprint density at radius 2 is 2.33 bits per heavy atom. The van der Waals surface area contributed by atoms with Gasteiger partial charge in [0.25, 0.3) is 5.56 Å². The molecule has 0 spiro atoms. The van der Waals surface area contributed by atoms with Gasteiger partial charge in [-0.25, -0.2) is 4.98 Å². The van der Waals surface area contributed by atoms with Crippen LogP contribution in [-0.2, 0) is 11.2 Å². The van der Waals surface area contributed by atoms with E-state index in [1.165, 1.54) is 6.07 Å². The molecule has 0 amide bonds. The van der Waals surface area contributed by atoms with Gasteiger partial charge in [-0.2, -0.15) is 0 Å². The highest BCUT2D eigenvalue weighted by atomic mass is 16.1. The van der Waals surface area contributed by atoms with Crippen LogP contribution in [0.2, 0.25) is 0 Å². The molecule has 0 radical (unpaired) electrons. The van der Waals surface area contributed by atoms with E-state index >= 15 is 0 Å². The predicted octanol–water partition coefficient (Wildman–Crippen LogP) is 1.28. The Balaban J connectivity index is 2.36. The molecule has 1 unspecified atom stereocenters. The van der Waals surface area contributed by atoms with E-state index in [9.17, 15) is 9.59 Å². The van der Waals surface area contributed by atoms with Gasteiger partial charge in [0, 0.05) is 19.0 Å². The SMILES string of the molecule is CCc1nc(N2CCCCC2C(C)=O)cc(=O)[nH]1. The number of rotatable bonds is 3. The zero-order valence-corrected chi connectivity index (χ0v) is 10.9. The first-order valence-electron chi connectivity index (χ1n) is 6.49. The third kappa shape index (κ3) is 2.60. The minimum atomic E-state index is -0.148. The molecule has 1 atom stereocenters. The van der Waals surface area contributed by atoms with E-state index in [-0.39, 0.29) is 17.4 Å². The van der Waals surface area contributed by atoms with Gasteiger partial charge in [0.05, 0.1) is 6.04 Å². The lowest BCUT2D eigenvalue weighted by Crippen LogP contribution is -2.44. The van der Waals surface area contributed by atoms with E-state index in [1.54, 1.807) is 6.92 Å². The summed E-state index contributed by atoms with van der Waals surface area (Å²) in [7, 11) is 0. The van der Waals surface area contributed by atoms with Crippen molar-refractivity contribution in [3.05, 3.63) is 22.2 Å². The number of H-pyrrole nitrogens is 1. The largest absolute Gasteiger partial charge is 0.346 e. The van der Waals surface area contributed by atoms with Crippen LogP contribution >= 0.6 is 0 Å². The lowest BCUT2D eigenvalue weighted by molar-refractivity contribution is -0.118. The third-order valence-corrected chi connectivity index (χ3v) is 3.38. The number of hydrogen-bond donors (Lipinski definition) is 1. The maximum Gasteiger partial charge on any atom is 0.252 e. The first kappa shape index (κ1) is 12.8. The summed E-state index contributed by atoms with van der Waals surface area (Å²) in [6.45, 7) is 4.35. The van der Waals surface area contributed by atoms with Crippen LogP contribution < -0.4 is 10.5 Å². The van der Waals surface area contributed by atoms with Crippen LogP contribution in [0.15, 0.2) is 10.9 Å². The van der Waals surface area contributed by atoms with E-state index in [0.717, 1.165) is 25.8 Å². The Bertz CT molecular complexity index is 495. The molecule has 18 heavy (non-hydrogen) atoms. The lowest BCUT2D eigenvalue weighted by Gasteiger charge is -2.35. The fourth-order valence-corrected chi connectivity index (χ4v) is 2.44. The highest BCUT2D eigenvalue weighted by Gasteiger charge is 2.27. The van der Waals surface area contributed by atoms with Gasteiger partial charge in [-0.1, -0.05) is 6.92 Å². The number of nitrogens with one attached hydrogen (secondary N) is 1. The van der Waals surface area contributed by atoms with Crippen molar-refractivity contribution in [2.24, 2.45) is 0 Å². The van der Waals surface area contributed by atoms with Crippen LogP contribution in [0.1, 0.15) is 38.9 Å². The smallest absolute Gasteiger partial charge is 0.252 e. The average molecular weight is 249 g/mol. The molecule has 2 heterocycles. The second kappa shape index (κ2) is 5.33. The molecule has 5 heteroatoms. The first-order valence-corrected chi connectivity index (χ1v) is 6.49. The van der Waals surface area contributed by atoms with Gasteiger partial charge >= 0.3 is 0 Å². The minimum absolute atomic E-state index is 0.127. The van der Waals surface area contributed by atoms with Crippen LogP contribution in [0, 0.1) is 0 Å². The normalized spacial score (nSPS) is 19.9. The summed E-state index contributed by atoms with van der Waals surface area (Å²) in [5, 5.41) is 0. The monoisotopic (exact) mass is 249 g/mol. The van der Waals surface area contributed by atoms with E-state index in [4.69, 9.17) is 0 Å². The number of anilines is 1. The van der Waals surface area contributed by atoms with Crippen molar-refractivity contribution in [1.29, 1.82) is 0 Å². The molecule has 98 valence electrons. The Morgan fingerprint density at radius 3 is 3.00 bits per heavy atom. The molecule has 1 aliphatic heterocycles. The number of nitrogens with zero attached hydrogens (tertiary/aromatic N) is 2. The molecule has 1 aromatic rings. The highest BCUT2D eigenvalue weighted by molar-refractivity contribution is 5.84. The summed E-state index contributed by atoms with van der Waals surface area (Å²) < 4.78 is 0. The molecule has 1 N–H and O–H groups in total. The molecular formula is C13H19N3O2. The fraction of sp³-hybridized carbons (Fsp3) is 0.615. The van der Waals surface area contributed by atoms with Crippen molar-refractivity contribution < 1.29 is 4.79 Å². The van der Waals surface area contributed by atoms with Gasteiger partial charge < -0.3 is 9.88 Å². The molecule has 0 aromatic carbocycles. The molecule has 2 rings (SSSR count). The molecule has 0 aliphatic carbocycles. The van der Waals surface area contributed by atoms with Gasteiger partial charge in [0.15, 0.2) is 5.78 Å². The number of aromatic nitrogens is 2. The summed E-state index contributed by atoms with van der Waals surface area (Å²) in [4.78, 5) is 32.3. The second-order valence-corrected chi connectivity index (χ2v) is 4.72. The Hall–Kier alpha value is -1.65. The van der Waals surface area contributed by atoms with Gasteiger partial charge in [-0.15, -0.1) is 0 Å². The van der Waals surface area contributed by atoms with E-state index in [1.807, 2.05) is 11.8 Å². The fourth-order valence-electron chi connectivity index (χ4n) is 2.44. The molecule has 0 saturated carbocycles. The summed E-state index contributed by atoms with van der Waals surface area (Å²) in [5.74, 6) is 1.45. The zero-order valence-electron chi connectivity index (χ0n) is 10.9. The van der Waals surface area contributed by atoms with Gasteiger partial charge in [-0.3, -0.25) is 9.59 Å². The topological polar surface area (TPSA) is 66.1 Å². The molecular weight excluding hydrogens is 230 g/mol. The third-order valence-electron chi connectivity index (χ3n) is 3.38. The van der Waals surface area contributed by atoms with Crippen molar-refractivity contribution in [2.75, 3.05) is 11.4 Å². The van der Waals surface area contributed by atoms with Crippen molar-refractivity contribution >= 4 is 11.6 Å². The number of ketones is 1. The van der Waals surface area contributed by atoms with Crippen LogP contribution in [-0.4, -0.2) is 28.3 Å². The molecule has 1 aliphatic rings. The molecule has 1 fully saturated rings. The van der Waals surface area contributed by atoms with Crippen molar-refractivity contribution in [2.45, 2.75) is 45.6 Å². The van der Waals surface area contributed by atoms with E-state index in [0.29, 0.717) is 18.1 Å². The number of carbonyl (C=O) groups is 1. The second-order valence-electron chi connectivity index (χ2n) is 4.72. The van der Waals surface area contributed by atoms with Gasteiger partial charge in [0.2, 0.25) is 0 Å². The van der Waals surface area contributed by atoms with Crippen molar-refractivity contribution in [1.82, 2.24) is 9.97 Å². The summed E-state index contributed by atoms with van der Waals surface area (Å²) in [5.41, 5.74) is -0.148. The maximum absolute atomic E-state index is 11.7. The number of Topliss-reactive ketones (excluding diaryl/α,β-unsaturated/α-hetero) is 1. The standard InChI is InChI=1S/C13H19N3O2/c1-3-11-14-12(8-13(18)15-11)16-7-5-4-6-10(16)9(2)17/h8,10H,3-7H2,1-2H3,(H,14,15,18). The Morgan fingerprint density at radius 1 is 1.56 bits per heavy atom. The number of hydrogen-bond acceptors (Lipinski definition) is 4. The van der Waals surface area contributed by atoms with Crippen LogP contribution in [0.4, 0.5) is 5.82 Å². The Kier molecular flexibility index (Phi) is 3.79. The number of aryl methyl sites for hydroxylation is 1. The highest BCUT2D eigenvalue weighted by Crippen LogP contribution is 2.22. The summed E-state index contributed by atoms with van der Waals surface area (Å²) in [6.07, 6.45) is 3.64. The van der Waals surface area contributed by atoms with Crippen molar-refractivity contribution in [3.63, 3.8) is 0 Å². The lowest BCUT2D eigenvalue weighted by atomic mass is 9.99. The summed E-state index contributed by atoms with van der Waals surface area (Å²) >= 11 is 0. The van der Waals surface area contributed by atoms with Crippen molar-refractivity contribution in [3.8, 4) is 0 Å². The molecule has 1 saturated heterocycles. The molecule has 5 nitrogen and oxygen atoms in total. The quantitative estimate of drug-likeness (QED) is 0.876. The number of aromatic amines is 1. The zero-order chi connectivity index (χ0) is 13.1. The van der Waals surface area contributed by atoms with Gasteiger partial charge in [0.1, 0.15) is 11.6 Å². The van der Waals surface area contributed by atoms with E-state index < -0.39 is 0 Å². The molecule has 1 aromatic heterocycles. The van der Waals surface area contributed by atoms with Crippen LogP contribution in [0.25, 0.3) is 0 Å². The van der Waals surface area contributed by atoms with Crippen LogP contribution in [0.5, 0.6) is 0 Å².